The maximum atomic E-state index is 12.6. The monoisotopic (exact) mass is 329 g/mol. The number of hydrogen-bond donors (Lipinski definition) is 2. The Kier molecular flexibility index (Phi) is 6.68. The van der Waals surface area contributed by atoms with Crippen LogP contribution in [0.3, 0.4) is 0 Å². The van der Waals surface area contributed by atoms with Gasteiger partial charge in [0.15, 0.2) is 0 Å². The van der Waals surface area contributed by atoms with E-state index in [1.165, 1.54) is 5.56 Å². The number of benzene rings is 2. The summed E-state index contributed by atoms with van der Waals surface area (Å²) in [6, 6.07) is 17.7. The molecule has 0 fully saturated rings. The molecule has 2 N–H and O–H groups in total. The van der Waals surface area contributed by atoms with Gasteiger partial charge in [0.25, 0.3) is 5.91 Å². The molecule has 3 nitrogen and oxygen atoms in total. The van der Waals surface area contributed by atoms with Crippen molar-refractivity contribution in [1.29, 1.82) is 0 Å². The molecule has 122 valence electrons. The Morgan fingerprint density at radius 3 is 2.43 bits per heavy atom. The third-order valence-corrected chi connectivity index (χ3v) is 5.06. The van der Waals surface area contributed by atoms with Crippen molar-refractivity contribution in [3.63, 3.8) is 0 Å². The molecule has 4 heteroatoms. The number of rotatable bonds is 7. The molecule has 0 aliphatic carbocycles. The summed E-state index contributed by atoms with van der Waals surface area (Å²) in [4.78, 5) is 12.6. The lowest BCUT2D eigenvalue weighted by Gasteiger charge is -2.22. The van der Waals surface area contributed by atoms with Crippen molar-refractivity contribution < 1.29 is 9.90 Å². The van der Waals surface area contributed by atoms with Crippen LogP contribution in [-0.4, -0.2) is 35.2 Å². The summed E-state index contributed by atoms with van der Waals surface area (Å²) in [6.07, 6.45) is 2.66. The van der Waals surface area contributed by atoms with Gasteiger partial charge in [-0.2, -0.15) is 11.8 Å². The molecule has 2 aromatic carbocycles. The van der Waals surface area contributed by atoms with Crippen LogP contribution in [0.2, 0.25) is 0 Å². The smallest absolute Gasteiger partial charge is 0.251 e. The lowest BCUT2D eigenvalue weighted by molar-refractivity contribution is 0.0935. The summed E-state index contributed by atoms with van der Waals surface area (Å²) in [5.41, 5.74) is 2.88. The molecule has 0 bridgehead atoms. The molecule has 23 heavy (non-hydrogen) atoms. The zero-order valence-electron chi connectivity index (χ0n) is 13.5. The zero-order valence-corrected chi connectivity index (χ0v) is 14.3. The number of thioether (sulfide) groups is 1. The van der Waals surface area contributed by atoms with E-state index in [2.05, 4.69) is 17.4 Å². The minimum atomic E-state index is -0.0905. The summed E-state index contributed by atoms with van der Waals surface area (Å²) >= 11 is 1.56. The van der Waals surface area contributed by atoms with Gasteiger partial charge in [0.1, 0.15) is 0 Å². The molecule has 0 aromatic heterocycles. The van der Waals surface area contributed by atoms with Crippen LogP contribution in [-0.2, 0) is 6.42 Å². The van der Waals surface area contributed by atoms with Crippen LogP contribution in [0.25, 0.3) is 0 Å². The fourth-order valence-corrected chi connectivity index (χ4v) is 3.15. The van der Waals surface area contributed by atoms with E-state index in [-0.39, 0.29) is 23.8 Å². The lowest BCUT2D eigenvalue weighted by atomic mass is 9.99. The van der Waals surface area contributed by atoms with Crippen molar-refractivity contribution in [1.82, 2.24) is 5.32 Å². The van der Waals surface area contributed by atoms with Crippen LogP contribution < -0.4 is 5.32 Å². The topological polar surface area (TPSA) is 49.3 Å². The molecule has 2 atom stereocenters. The molecule has 2 rings (SSSR count). The molecule has 0 radical (unpaired) electrons. The van der Waals surface area contributed by atoms with E-state index in [1.807, 2.05) is 55.6 Å². The number of aliphatic hydroxyl groups excluding tert-OH is 1. The predicted molar refractivity (Wildman–Crippen MR) is 97.0 cm³/mol. The molecular weight excluding hydrogens is 306 g/mol. The van der Waals surface area contributed by atoms with Crippen molar-refractivity contribution in [3.05, 3.63) is 71.3 Å². The predicted octanol–water partition coefficient (Wildman–Crippen LogP) is 3.12. The minimum Gasteiger partial charge on any atom is -0.395 e. The highest BCUT2D eigenvalue weighted by Crippen LogP contribution is 2.16. The third kappa shape index (κ3) is 4.85. The van der Waals surface area contributed by atoms with E-state index < -0.39 is 0 Å². The van der Waals surface area contributed by atoms with Crippen LogP contribution in [0, 0.1) is 0 Å². The van der Waals surface area contributed by atoms with Crippen LogP contribution in [0.4, 0.5) is 0 Å². The van der Waals surface area contributed by atoms with Gasteiger partial charge in [0.05, 0.1) is 6.61 Å². The number of hydrogen-bond acceptors (Lipinski definition) is 3. The molecule has 0 aliphatic rings. The fraction of sp³-hybridized carbons (Fsp3) is 0.316. The van der Waals surface area contributed by atoms with Gasteiger partial charge in [-0.25, -0.2) is 0 Å². The molecule has 0 aliphatic heterocycles. The molecule has 0 spiro atoms. The summed E-state index contributed by atoms with van der Waals surface area (Å²) in [7, 11) is 0. The molecular formula is C19H23NO2S. The molecule has 0 saturated heterocycles. The Hall–Kier alpha value is -1.78. The Morgan fingerprint density at radius 1 is 1.13 bits per heavy atom. The van der Waals surface area contributed by atoms with E-state index in [4.69, 9.17) is 0 Å². The van der Waals surface area contributed by atoms with Crippen molar-refractivity contribution in [3.8, 4) is 0 Å². The van der Waals surface area contributed by atoms with Crippen LogP contribution in [0.15, 0.2) is 54.6 Å². The first-order valence-corrected chi connectivity index (χ1v) is 9.00. The first kappa shape index (κ1) is 17.6. The van der Waals surface area contributed by atoms with E-state index >= 15 is 0 Å². The van der Waals surface area contributed by atoms with Crippen LogP contribution in [0.1, 0.15) is 28.4 Å². The molecule has 2 unspecified atom stereocenters. The van der Waals surface area contributed by atoms with E-state index in [1.54, 1.807) is 11.8 Å². The average Bonchev–Trinajstić information content (AvgIpc) is 2.57. The van der Waals surface area contributed by atoms with E-state index in [9.17, 15) is 9.90 Å². The molecule has 0 saturated carbocycles. The van der Waals surface area contributed by atoms with Gasteiger partial charge in [0, 0.05) is 16.9 Å². The lowest BCUT2D eigenvalue weighted by Crippen LogP contribution is -2.41. The number of aliphatic hydroxyl groups is 1. The van der Waals surface area contributed by atoms with Gasteiger partial charge in [-0.15, -0.1) is 0 Å². The Balaban J connectivity index is 2.14. The first-order valence-electron chi connectivity index (χ1n) is 7.72. The van der Waals surface area contributed by atoms with Gasteiger partial charge >= 0.3 is 0 Å². The number of carbonyl (C=O) groups is 1. The normalized spacial score (nSPS) is 13.3. The summed E-state index contributed by atoms with van der Waals surface area (Å²) in [5, 5.41) is 12.4. The fourth-order valence-electron chi connectivity index (χ4n) is 2.53. The second-order valence-electron chi connectivity index (χ2n) is 5.54. The molecule has 0 heterocycles. The standard InChI is InChI=1S/C19H23NO2S/c1-14(18(13-21)23-2)20-19(22)17-11-7-6-10-16(17)12-15-8-4-3-5-9-15/h3-11,14,18,21H,12-13H2,1-2H3,(H,20,22). The largest absolute Gasteiger partial charge is 0.395 e. The van der Waals surface area contributed by atoms with Crippen LogP contribution in [0.5, 0.6) is 0 Å². The van der Waals surface area contributed by atoms with E-state index in [0.717, 1.165) is 12.0 Å². The van der Waals surface area contributed by atoms with Gasteiger partial charge in [-0.1, -0.05) is 48.5 Å². The summed E-state index contributed by atoms with van der Waals surface area (Å²) in [6.45, 7) is 1.98. The maximum absolute atomic E-state index is 12.6. The van der Waals surface area contributed by atoms with Crippen molar-refractivity contribution in [2.24, 2.45) is 0 Å². The maximum Gasteiger partial charge on any atom is 0.251 e. The average molecular weight is 329 g/mol. The Morgan fingerprint density at radius 2 is 1.78 bits per heavy atom. The van der Waals surface area contributed by atoms with Crippen LogP contribution >= 0.6 is 11.8 Å². The summed E-state index contributed by atoms with van der Waals surface area (Å²) < 4.78 is 0. The van der Waals surface area contributed by atoms with Gasteiger partial charge in [-0.05, 0) is 36.8 Å². The van der Waals surface area contributed by atoms with Crippen molar-refractivity contribution in [2.75, 3.05) is 12.9 Å². The minimum absolute atomic E-state index is 0.000218. The zero-order chi connectivity index (χ0) is 16.7. The van der Waals surface area contributed by atoms with E-state index in [0.29, 0.717) is 5.56 Å². The van der Waals surface area contributed by atoms with Gasteiger partial charge < -0.3 is 10.4 Å². The highest BCUT2D eigenvalue weighted by atomic mass is 32.2. The second kappa shape index (κ2) is 8.75. The number of carbonyl (C=O) groups excluding carboxylic acids is 1. The van der Waals surface area contributed by atoms with Crippen molar-refractivity contribution in [2.45, 2.75) is 24.6 Å². The second-order valence-corrected chi connectivity index (χ2v) is 6.62. The Bertz CT molecular complexity index is 626. The highest BCUT2D eigenvalue weighted by molar-refractivity contribution is 7.99. The molecule has 1 amide bonds. The summed E-state index contributed by atoms with van der Waals surface area (Å²) in [5.74, 6) is -0.0865. The quantitative estimate of drug-likeness (QED) is 0.820. The third-order valence-electron chi connectivity index (χ3n) is 3.90. The Labute approximate surface area is 142 Å². The van der Waals surface area contributed by atoms with Gasteiger partial charge in [-0.3, -0.25) is 4.79 Å². The molecule has 2 aromatic rings. The SMILES string of the molecule is CSC(CO)C(C)NC(=O)c1ccccc1Cc1ccccc1. The number of nitrogens with one attached hydrogen (secondary N) is 1. The van der Waals surface area contributed by atoms with Gasteiger partial charge in [0.2, 0.25) is 0 Å². The van der Waals surface area contributed by atoms with Crippen molar-refractivity contribution >= 4 is 17.7 Å². The highest BCUT2D eigenvalue weighted by Gasteiger charge is 2.19. The number of amides is 1. The first-order chi connectivity index (χ1) is 11.2.